The highest BCUT2D eigenvalue weighted by Gasteiger charge is 2.10. The molecule has 0 fully saturated rings. The van der Waals surface area contributed by atoms with Crippen LogP contribution >= 0.6 is 15.9 Å². The minimum absolute atomic E-state index is 0.0453. The van der Waals surface area contributed by atoms with Crippen LogP contribution in [0.1, 0.15) is 5.56 Å². The number of anilines is 1. The van der Waals surface area contributed by atoms with Gasteiger partial charge in [-0.2, -0.15) is 0 Å². The van der Waals surface area contributed by atoms with Gasteiger partial charge in [0, 0.05) is 11.1 Å². The van der Waals surface area contributed by atoms with Crippen LogP contribution in [0.3, 0.4) is 0 Å². The predicted octanol–water partition coefficient (Wildman–Crippen LogP) is 4.85. The lowest BCUT2D eigenvalue weighted by molar-refractivity contribution is -0.132. The maximum absolute atomic E-state index is 11.6. The van der Waals surface area contributed by atoms with Gasteiger partial charge in [0.1, 0.15) is 11.4 Å². The number of nitrogens with one attached hydrogen (secondary N) is 1. The van der Waals surface area contributed by atoms with Gasteiger partial charge in [-0.1, -0.05) is 42.5 Å². The number of carboxylic acids is 1. The summed E-state index contributed by atoms with van der Waals surface area (Å²) < 4.78 is 0.506. The standard InChI is InChI=1S/C19H14BrNO3/c20-15-10-12(8-9-18(15)22)11-17(19(23)24)21-16-7-3-5-13-4-1-2-6-14(13)16/h1-11,21-22H,(H,23,24). The van der Waals surface area contributed by atoms with Crippen molar-refractivity contribution >= 4 is 44.4 Å². The molecule has 0 saturated carbocycles. The van der Waals surface area contributed by atoms with Crippen LogP contribution in [0.15, 0.2) is 70.8 Å². The van der Waals surface area contributed by atoms with Crippen molar-refractivity contribution in [3.63, 3.8) is 0 Å². The predicted molar refractivity (Wildman–Crippen MR) is 99.0 cm³/mol. The molecule has 0 atom stereocenters. The van der Waals surface area contributed by atoms with E-state index in [2.05, 4.69) is 21.2 Å². The molecule has 0 radical (unpaired) electrons. The third-order valence-corrected chi connectivity index (χ3v) is 4.21. The van der Waals surface area contributed by atoms with Gasteiger partial charge in [-0.25, -0.2) is 4.79 Å². The van der Waals surface area contributed by atoms with Crippen LogP contribution in [-0.4, -0.2) is 16.2 Å². The zero-order valence-electron chi connectivity index (χ0n) is 12.5. The van der Waals surface area contributed by atoms with Gasteiger partial charge >= 0.3 is 5.97 Å². The van der Waals surface area contributed by atoms with E-state index in [-0.39, 0.29) is 11.4 Å². The van der Waals surface area contributed by atoms with Crippen LogP contribution in [0.5, 0.6) is 5.75 Å². The molecular weight excluding hydrogens is 370 g/mol. The Hall–Kier alpha value is -2.79. The average molecular weight is 384 g/mol. The molecule has 0 aliphatic rings. The van der Waals surface area contributed by atoms with Crippen molar-refractivity contribution < 1.29 is 15.0 Å². The average Bonchev–Trinajstić information content (AvgIpc) is 2.57. The number of benzene rings is 3. The molecule has 5 heteroatoms. The van der Waals surface area contributed by atoms with Gasteiger partial charge in [0.2, 0.25) is 0 Å². The van der Waals surface area contributed by atoms with E-state index < -0.39 is 5.97 Å². The number of phenolic OH excluding ortho intramolecular Hbond substituents is 1. The van der Waals surface area contributed by atoms with Gasteiger partial charge in [-0.3, -0.25) is 0 Å². The molecule has 3 N–H and O–H groups in total. The van der Waals surface area contributed by atoms with E-state index in [1.807, 2.05) is 42.5 Å². The Morgan fingerprint density at radius 1 is 1.04 bits per heavy atom. The van der Waals surface area contributed by atoms with Gasteiger partial charge in [0.25, 0.3) is 0 Å². The minimum atomic E-state index is -1.06. The summed E-state index contributed by atoms with van der Waals surface area (Å²) >= 11 is 3.23. The highest BCUT2D eigenvalue weighted by molar-refractivity contribution is 9.10. The summed E-state index contributed by atoms with van der Waals surface area (Å²) in [6.07, 6.45) is 1.52. The molecule has 0 aliphatic heterocycles. The summed E-state index contributed by atoms with van der Waals surface area (Å²) in [6.45, 7) is 0. The van der Waals surface area contributed by atoms with Crippen molar-refractivity contribution in [2.24, 2.45) is 0 Å². The summed E-state index contributed by atoms with van der Waals surface area (Å²) in [7, 11) is 0. The SMILES string of the molecule is O=C(O)C(=Cc1ccc(O)c(Br)c1)Nc1cccc2ccccc12. The smallest absolute Gasteiger partial charge is 0.352 e. The lowest BCUT2D eigenvalue weighted by Crippen LogP contribution is -2.10. The lowest BCUT2D eigenvalue weighted by Gasteiger charge is -2.11. The molecule has 0 spiro atoms. The number of carboxylic acid groups (broad SMARTS) is 1. The molecule has 0 heterocycles. The maximum atomic E-state index is 11.6. The van der Waals surface area contributed by atoms with E-state index in [0.29, 0.717) is 10.0 Å². The highest BCUT2D eigenvalue weighted by atomic mass is 79.9. The molecule has 24 heavy (non-hydrogen) atoms. The second-order valence-electron chi connectivity index (χ2n) is 5.23. The second-order valence-corrected chi connectivity index (χ2v) is 6.08. The third-order valence-electron chi connectivity index (χ3n) is 3.57. The normalized spacial score (nSPS) is 11.5. The topological polar surface area (TPSA) is 69.6 Å². The molecule has 0 bridgehead atoms. The van der Waals surface area contributed by atoms with E-state index in [1.165, 1.54) is 12.1 Å². The molecule has 0 amide bonds. The van der Waals surface area contributed by atoms with Crippen LogP contribution in [-0.2, 0) is 4.79 Å². The van der Waals surface area contributed by atoms with E-state index in [0.717, 1.165) is 16.5 Å². The number of hydrogen-bond acceptors (Lipinski definition) is 3. The largest absolute Gasteiger partial charge is 0.507 e. The van der Waals surface area contributed by atoms with Crippen LogP contribution in [0.25, 0.3) is 16.8 Å². The summed E-state index contributed by atoms with van der Waals surface area (Å²) in [5.41, 5.74) is 1.42. The van der Waals surface area contributed by atoms with Gasteiger partial charge in [-0.15, -0.1) is 0 Å². The van der Waals surface area contributed by atoms with Gasteiger partial charge in [-0.05, 0) is 51.2 Å². The monoisotopic (exact) mass is 383 g/mol. The Kier molecular flexibility index (Phi) is 4.53. The van der Waals surface area contributed by atoms with Gasteiger partial charge < -0.3 is 15.5 Å². The van der Waals surface area contributed by atoms with E-state index >= 15 is 0 Å². The van der Waals surface area contributed by atoms with Crippen molar-refractivity contribution in [1.82, 2.24) is 0 Å². The van der Waals surface area contributed by atoms with Crippen LogP contribution in [0, 0.1) is 0 Å². The van der Waals surface area contributed by atoms with Gasteiger partial charge in [0.15, 0.2) is 0 Å². The number of aliphatic carboxylic acids is 1. The molecule has 3 aromatic rings. The fraction of sp³-hybridized carbons (Fsp3) is 0. The molecule has 0 aliphatic carbocycles. The number of carbonyl (C=O) groups is 1. The van der Waals surface area contributed by atoms with Gasteiger partial charge in [0.05, 0.1) is 4.47 Å². The van der Waals surface area contributed by atoms with E-state index in [9.17, 15) is 15.0 Å². The Labute approximate surface area is 147 Å². The number of halogens is 1. The lowest BCUT2D eigenvalue weighted by atomic mass is 10.1. The fourth-order valence-electron chi connectivity index (χ4n) is 2.41. The number of phenols is 1. The molecule has 0 unspecified atom stereocenters. The first-order valence-electron chi connectivity index (χ1n) is 7.23. The number of aromatic hydroxyl groups is 1. The number of fused-ring (bicyclic) bond motifs is 1. The van der Waals surface area contributed by atoms with E-state index in [1.54, 1.807) is 12.1 Å². The summed E-state index contributed by atoms with van der Waals surface area (Å²) in [5.74, 6) is -0.960. The molecule has 4 nitrogen and oxygen atoms in total. The van der Waals surface area contributed by atoms with Crippen LogP contribution in [0.2, 0.25) is 0 Å². The molecule has 3 aromatic carbocycles. The maximum Gasteiger partial charge on any atom is 0.352 e. The highest BCUT2D eigenvalue weighted by Crippen LogP contribution is 2.27. The Morgan fingerprint density at radius 2 is 1.79 bits per heavy atom. The van der Waals surface area contributed by atoms with Crippen molar-refractivity contribution in [1.29, 1.82) is 0 Å². The molecule has 0 aromatic heterocycles. The number of hydrogen-bond donors (Lipinski definition) is 3. The fourth-order valence-corrected chi connectivity index (χ4v) is 2.81. The molecule has 3 rings (SSSR count). The zero-order chi connectivity index (χ0) is 17.1. The summed E-state index contributed by atoms with van der Waals surface area (Å²) in [6, 6.07) is 18.3. The Morgan fingerprint density at radius 3 is 2.54 bits per heavy atom. The second kappa shape index (κ2) is 6.76. The first-order valence-corrected chi connectivity index (χ1v) is 8.02. The minimum Gasteiger partial charge on any atom is -0.507 e. The van der Waals surface area contributed by atoms with Crippen molar-refractivity contribution in [2.45, 2.75) is 0 Å². The molecule has 120 valence electrons. The van der Waals surface area contributed by atoms with E-state index in [4.69, 9.17) is 0 Å². The van der Waals surface area contributed by atoms with Crippen molar-refractivity contribution in [3.05, 3.63) is 76.4 Å². The van der Waals surface area contributed by atoms with Crippen molar-refractivity contribution in [2.75, 3.05) is 5.32 Å². The molecular formula is C19H14BrNO3. The summed E-state index contributed by atoms with van der Waals surface area (Å²) in [5, 5.41) is 24.0. The summed E-state index contributed by atoms with van der Waals surface area (Å²) in [4.78, 5) is 11.6. The van der Waals surface area contributed by atoms with Crippen molar-refractivity contribution in [3.8, 4) is 5.75 Å². The molecule has 0 saturated heterocycles. The first-order chi connectivity index (χ1) is 11.5. The first kappa shape index (κ1) is 16.1. The zero-order valence-corrected chi connectivity index (χ0v) is 14.1. The Bertz CT molecular complexity index is 945. The number of rotatable bonds is 4. The third kappa shape index (κ3) is 3.41. The van der Waals surface area contributed by atoms with Crippen LogP contribution < -0.4 is 5.32 Å². The Balaban J connectivity index is 2.01. The van der Waals surface area contributed by atoms with Crippen LogP contribution in [0.4, 0.5) is 5.69 Å². The quantitative estimate of drug-likeness (QED) is 0.563.